The molecule has 2 heteroatoms. The molecule has 1 rings (SSSR count). The summed E-state index contributed by atoms with van der Waals surface area (Å²) in [6.07, 6.45) is 21.4. The first-order valence-corrected chi connectivity index (χ1v) is 10.3. The van der Waals surface area contributed by atoms with Crippen molar-refractivity contribution in [1.82, 2.24) is 0 Å². The van der Waals surface area contributed by atoms with Crippen molar-refractivity contribution in [2.75, 3.05) is 7.11 Å². The van der Waals surface area contributed by atoms with Gasteiger partial charge in [0.1, 0.15) is 0 Å². The van der Waals surface area contributed by atoms with Crippen LogP contribution in [0.5, 0.6) is 0 Å². The van der Waals surface area contributed by atoms with E-state index in [1.54, 1.807) is 0 Å². The summed E-state index contributed by atoms with van der Waals surface area (Å²) < 4.78 is 4.68. The van der Waals surface area contributed by atoms with Gasteiger partial charge in [0.2, 0.25) is 0 Å². The number of hydrogen-bond acceptors (Lipinski definition) is 2. The summed E-state index contributed by atoms with van der Waals surface area (Å²) in [4.78, 5) is 11.1. The van der Waals surface area contributed by atoms with Crippen LogP contribution in [0, 0.1) is 11.8 Å². The highest BCUT2D eigenvalue weighted by atomic mass is 16.5. The van der Waals surface area contributed by atoms with E-state index in [2.05, 4.69) is 11.7 Å². The molecule has 0 heterocycles. The van der Waals surface area contributed by atoms with Crippen LogP contribution in [0.25, 0.3) is 0 Å². The molecule has 1 saturated carbocycles. The minimum Gasteiger partial charge on any atom is -0.469 e. The highest BCUT2D eigenvalue weighted by Crippen LogP contribution is 2.38. The zero-order valence-electron chi connectivity index (χ0n) is 15.8. The van der Waals surface area contributed by atoms with Crippen molar-refractivity contribution in [2.45, 2.75) is 110 Å². The summed E-state index contributed by atoms with van der Waals surface area (Å²) in [5.74, 6) is 1.97. The molecule has 2 nitrogen and oxygen atoms in total. The van der Waals surface area contributed by atoms with Crippen molar-refractivity contribution in [1.29, 1.82) is 0 Å². The lowest BCUT2D eigenvalue weighted by Crippen LogP contribution is -2.08. The molecule has 0 aliphatic heterocycles. The molecular formula is C21H40O2. The molecule has 0 aromatic carbocycles. The molecule has 0 bridgehead atoms. The lowest BCUT2D eigenvalue weighted by atomic mass is 9.86. The quantitative estimate of drug-likeness (QED) is 0.263. The van der Waals surface area contributed by atoms with E-state index in [1.165, 1.54) is 97.0 Å². The topological polar surface area (TPSA) is 26.3 Å². The molecule has 0 radical (unpaired) electrons. The molecule has 0 saturated heterocycles. The summed E-state index contributed by atoms with van der Waals surface area (Å²) in [5.41, 5.74) is 0. The van der Waals surface area contributed by atoms with Gasteiger partial charge in [0, 0.05) is 6.42 Å². The Labute approximate surface area is 144 Å². The minimum atomic E-state index is -0.0557. The maximum atomic E-state index is 11.1. The smallest absolute Gasteiger partial charge is 0.305 e. The fraction of sp³-hybridized carbons (Fsp3) is 0.952. The Morgan fingerprint density at radius 1 is 0.826 bits per heavy atom. The van der Waals surface area contributed by atoms with E-state index in [4.69, 9.17) is 0 Å². The van der Waals surface area contributed by atoms with E-state index < -0.39 is 0 Å². The molecule has 0 amide bonds. The highest BCUT2D eigenvalue weighted by Gasteiger charge is 2.25. The van der Waals surface area contributed by atoms with Gasteiger partial charge in [-0.2, -0.15) is 0 Å². The van der Waals surface area contributed by atoms with Crippen LogP contribution in [0.15, 0.2) is 0 Å². The fourth-order valence-corrected chi connectivity index (χ4v) is 4.19. The number of rotatable bonds is 14. The average molecular weight is 325 g/mol. The van der Waals surface area contributed by atoms with Gasteiger partial charge in [0.05, 0.1) is 7.11 Å². The van der Waals surface area contributed by atoms with Crippen LogP contribution in [-0.4, -0.2) is 13.1 Å². The molecule has 136 valence electrons. The maximum absolute atomic E-state index is 11.1. The van der Waals surface area contributed by atoms with E-state index in [9.17, 15) is 4.79 Å². The summed E-state index contributed by atoms with van der Waals surface area (Å²) in [6.45, 7) is 2.29. The summed E-state index contributed by atoms with van der Waals surface area (Å²) in [7, 11) is 1.48. The van der Waals surface area contributed by atoms with Crippen molar-refractivity contribution in [3.8, 4) is 0 Å². The molecular weight excluding hydrogens is 284 g/mol. The number of hydrogen-bond donors (Lipinski definition) is 0. The van der Waals surface area contributed by atoms with E-state index in [-0.39, 0.29) is 5.97 Å². The molecule has 1 fully saturated rings. The van der Waals surface area contributed by atoms with Crippen LogP contribution in [0.4, 0.5) is 0 Å². The van der Waals surface area contributed by atoms with E-state index in [1.807, 2.05) is 0 Å². The number of ether oxygens (including phenoxy) is 1. The molecule has 1 aliphatic rings. The van der Waals surface area contributed by atoms with Crippen LogP contribution < -0.4 is 0 Å². The Kier molecular flexibility index (Phi) is 12.4. The Balaban J connectivity index is 1.99. The second-order valence-corrected chi connectivity index (χ2v) is 7.54. The van der Waals surface area contributed by atoms with Crippen LogP contribution in [0.1, 0.15) is 110 Å². The highest BCUT2D eigenvalue weighted by molar-refractivity contribution is 5.68. The van der Waals surface area contributed by atoms with E-state index in [0.29, 0.717) is 6.42 Å². The van der Waals surface area contributed by atoms with Gasteiger partial charge in [-0.1, -0.05) is 96.8 Å². The average Bonchev–Trinajstić information content (AvgIpc) is 3.01. The van der Waals surface area contributed by atoms with Gasteiger partial charge in [-0.05, 0) is 18.3 Å². The van der Waals surface area contributed by atoms with E-state index in [0.717, 1.165) is 18.3 Å². The molecule has 23 heavy (non-hydrogen) atoms. The lowest BCUT2D eigenvalue weighted by molar-refractivity contribution is -0.140. The summed E-state index contributed by atoms with van der Waals surface area (Å²) in [5, 5.41) is 0. The molecule has 0 aromatic heterocycles. The maximum Gasteiger partial charge on any atom is 0.305 e. The van der Waals surface area contributed by atoms with Crippen LogP contribution in [0.3, 0.4) is 0 Å². The van der Waals surface area contributed by atoms with Crippen LogP contribution >= 0.6 is 0 Å². The number of esters is 1. The molecule has 1 aliphatic carbocycles. The van der Waals surface area contributed by atoms with Gasteiger partial charge in [0.25, 0.3) is 0 Å². The number of unbranched alkanes of at least 4 members (excludes halogenated alkanes) is 8. The van der Waals surface area contributed by atoms with Gasteiger partial charge in [-0.15, -0.1) is 0 Å². The number of carbonyl (C=O) groups is 1. The third kappa shape index (κ3) is 10.0. The first-order chi connectivity index (χ1) is 11.3. The molecule has 0 spiro atoms. The van der Waals surface area contributed by atoms with Gasteiger partial charge in [0.15, 0.2) is 0 Å². The van der Waals surface area contributed by atoms with Crippen molar-refractivity contribution in [3.05, 3.63) is 0 Å². The SMILES string of the molecule is CCCCCCCC[C@H]1CCC[C@H]1CCCCCCC(=O)OC. The van der Waals surface area contributed by atoms with E-state index >= 15 is 0 Å². The van der Waals surface area contributed by atoms with Crippen molar-refractivity contribution in [2.24, 2.45) is 11.8 Å². The summed E-state index contributed by atoms with van der Waals surface area (Å²) >= 11 is 0. The second-order valence-electron chi connectivity index (χ2n) is 7.54. The lowest BCUT2D eigenvalue weighted by Gasteiger charge is -2.19. The Morgan fingerprint density at radius 2 is 1.35 bits per heavy atom. The Bertz CT molecular complexity index is 288. The van der Waals surface area contributed by atoms with Gasteiger partial charge >= 0.3 is 5.97 Å². The first kappa shape index (κ1) is 20.5. The van der Waals surface area contributed by atoms with Crippen LogP contribution in [-0.2, 0) is 9.53 Å². The third-order valence-corrected chi connectivity index (χ3v) is 5.68. The monoisotopic (exact) mass is 324 g/mol. The second kappa shape index (κ2) is 13.9. The minimum absolute atomic E-state index is 0.0557. The first-order valence-electron chi connectivity index (χ1n) is 10.3. The predicted molar refractivity (Wildman–Crippen MR) is 98.5 cm³/mol. The molecule has 0 unspecified atom stereocenters. The van der Waals surface area contributed by atoms with Crippen molar-refractivity contribution < 1.29 is 9.53 Å². The summed E-state index contributed by atoms with van der Waals surface area (Å²) in [6, 6.07) is 0. The number of carbonyl (C=O) groups excluding carboxylic acids is 1. The standard InChI is InChI=1S/C21H40O2/c1-3-4-5-6-7-10-14-19-16-13-17-20(19)15-11-8-9-12-18-21(22)23-2/h19-20H,3-18H2,1-2H3/t19-,20+/m0/s1. The Hall–Kier alpha value is -0.530. The van der Waals surface area contributed by atoms with Gasteiger partial charge < -0.3 is 4.74 Å². The molecule has 0 aromatic rings. The molecule has 2 atom stereocenters. The Morgan fingerprint density at radius 3 is 1.91 bits per heavy atom. The number of methoxy groups -OCH3 is 1. The predicted octanol–water partition coefficient (Wildman–Crippen LogP) is 6.67. The van der Waals surface area contributed by atoms with Gasteiger partial charge in [-0.3, -0.25) is 4.79 Å². The largest absolute Gasteiger partial charge is 0.469 e. The van der Waals surface area contributed by atoms with Crippen molar-refractivity contribution >= 4 is 5.97 Å². The zero-order valence-corrected chi connectivity index (χ0v) is 15.8. The van der Waals surface area contributed by atoms with Gasteiger partial charge in [-0.25, -0.2) is 0 Å². The molecule has 0 N–H and O–H groups in total. The van der Waals surface area contributed by atoms with Crippen LogP contribution in [0.2, 0.25) is 0 Å². The zero-order chi connectivity index (χ0) is 16.8. The van der Waals surface area contributed by atoms with Crippen molar-refractivity contribution in [3.63, 3.8) is 0 Å². The third-order valence-electron chi connectivity index (χ3n) is 5.68. The fourth-order valence-electron chi connectivity index (χ4n) is 4.19. The normalized spacial score (nSPS) is 20.8.